The molecule has 1 aromatic rings. The van der Waals surface area contributed by atoms with Crippen molar-refractivity contribution in [2.24, 2.45) is 5.14 Å². The van der Waals surface area contributed by atoms with Crippen molar-refractivity contribution in [3.63, 3.8) is 0 Å². The first-order valence-corrected chi connectivity index (χ1v) is 7.32. The van der Waals surface area contributed by atoms with Gasteiger partial charge in [0.05, 0.1) is 6.61 Å². The smallest absolute Gasteiger partial charge is 0.287 e. The molecule has 0 bridgehead atoms. The lowest BCUT2D eigenvalue weighted by atomic mass is 10.3. The molecule has 1 heterocycles. The van der Waals surface area contributed by atoms with E-state index in [9.17, 15) is 13.2 Å². The number of sulfonamides is 1. The highest BCUT2D eigenvalue weighted by Crippen LogP contribution is 2.18. The lowest BCUT2D eigenvalue weighted by Gasteiger charge is -2.12. The number of carbonyl (C=O) groups excluding carboxylic acids is 1. The molecule has 7 nitrogen and oxygen atoms in total. The lowest BCUT2D eigenvalue weighted by molar-refractivity contribution is 0.0845. The Morgan fingerprint density at radius 3 is 2.68 bits per heavy atom. The van der Waals surface area contributed by atoms with Crippen molar-refractivity contribution in [1.82, 2.24) is 5.32 Å². The molecule has 0 aliphatic rings. The quantitative estimate of drug-likeness (QED) is 0.787. The number of ether oxygens (including phenoxy) is 1. The summed E-state index contributed by atoms with van der Waals surface area (Å²) in [6, 6.07) is 0.906. The van der Waals surface area contributed by atoms with Gasteiger partial charge in [-0.05, 0) is 20.8 Å². The number of aryl methyl sites for hydroxylation is 1. The fourth-order valence-electron chi connectivity index (χ4n) is 1.49. The Bertz CT molecular complexity index is 549. The van der Waals surface area contributed by atoms with Crippen molar-refractivity contribution in [1.29, 1.82) is 0 Å². The van der Waals surface area contributed by atoms with Crippen LogP contribution in [0.15, 0.2) is 15.4 Å². The predicted molar refractivity (Wildman–Crippen MR) is 68.2 cm³/mol. The first-order chi connectivity index (χ1) is 8.75. The maximum absolute atomic E-state index is 11.8. The first kappa shape index (κ1) is 15.7. The zero-order valence-corrected chi connectivity index (χ0v) is 11.9. The molecule has 0 aliphatic carbocycles. The van der Waals surface area contributed by atoms with Gasteiger partial charge < -0.3 is 14.5 Å². The maximum atomic E-state index is 11.8. The summed E-state index contributed by atoms with van der Waals surface area (Å²) in [7, 11) is -3.89. The number of furan rings is 1. The molecule has 1 amide bonds. The van der Waals surface area contributed by atoms with Gasteiger partial charge in [0.2, 0.25) is 10.0 Å². The predicted octanol–water partition coefficient (Wildman–Crippen LogP) is 0.390. The van der Waals surface area contributed by atoms with Crippen LogP contribution >= 0.6 is 0 Å². The van der Waals surface area contributed by atoms with E-state index in [4.69, 9.17) is 14.3 Å². The van der Waals surface area contributed by atoms with Crippen molar-refractivity contribution in [2.45, 2.75) is 31.7 Å². The van der Waals surface area contributed by atoms with Crippen LogP contribution in [0.3, 0.4) is 0 Å². The van der Waals surface area contributed by atoms with E-state index in [1.807, 2.05) is 6.92 Å². The molecule has 3 N–H and O–H groups in total. The summed E-state index contributed by atoms with van der Waals surface area (Å²) < 4.78 is 32.7. The molecule has 1 rings (SSSR count). The van der Waals surface area contributed by atoms with Crippen molar-refractivity contribution in [3.05, 3.63) is 17.6 Å². The van der Waals surface area contributed by atoms with E-state index < -0.39 is 15.9 Å². The SMILES string of the molecule is CCOCC(C)NC(=O)c1cc(S(N)(=O)=O)c(C)o1. The summed E-state index contributed by atoms with van der Waals surface area (Å²) in [5, 5.41) is 7.63. The van der Waals surface area contributed by atoms with Crippen molar-refractivity contribution in [2.75, 3.05) is 13.2 Å². The molecule has 1 atom stereocenters. The van der Waals surface area contributed by atoms with Gasteiger partial charge in [0.15, 0.2) is 5.76 Å². The first-order valence-electron chi connectivity index (χ1n) is 5.77. The van der Waals surface area contributed by atoms with Gasteiger partial charge in [-0.15, -0.1) is 0 Å². The Morgan fingerprint density at radius 2 is 2.21 bits per heavy atom. The average Bonchev–Trinajstić information content (AvgIpc) is 2.68. The van der Waals surface area contributed by atoms with Gasteiger partial charge in [0, 0.05) is 18.7 Å². The van der Waals surface area contributed by atoms with Gasteiger partial charge in [-0.25, -0.2) is 13.6 Å². The Hall–Kier alpha value is -1.38. The highest BCUT2D eigenvalue weighted by Gasteiger charge is 2.21. The molecule has 0 saturated heterocycles. The summed E-state index contributed by atoms with van der Waals surface area (Å²) in [4.78, 5) is 11.6. The molecule has 0 aromatic carbocycles. The molecule has 0 saturated carbocycles. The molecule has 0 aliphatic heterocycles. The van der Waals surface area contributed by atoms with Crippen LogP contribution in [0.4, 0.5) is 0 Å². The van der Waals surface area contributed by atoms with E-state index in [2.05, 4.69) is 5.32 Å². The summed E-state index contributed by atoms with van der Waals surface area (Å²) >= 11 is 0. The number of amides is 1. The summed E-state index contributed by atoms with van der Waals surface area (Å²) in [6.07, 6.45) is 0. The minimum atomic E-state index is -3.89. The second-order valence-corrected chi connectivity index (χ2v) is 5.64. The van der Waals surface area contributed by atoms with Gasteiger partial charge in [0.1, 0.15) is 10.7 Å². The number of primary sulfonamides is 1. The molecule has 108 valence electrons. The Morgan fingerprint density at radius 1 is 1.58 bits per heavy atom. The average molecular weight is 290 g/mol. The molecule has 0 radical (unpaired) electrons. The molecular formula is C11H18N2O5S. The Balaban J connectivity index is 2.79. The third kappa shape index (κ3) is 4.34. The van der Waals surface area contributed by atoms with Gasteiger partial charge >= 0.3 is 0 Å². The molecule has 0 fully saturated rings. The van der Waals surface area contributed by atoms with Crippen LogP contribution in [0.25, 0.3) is 0 Å². The highest BCUT2D eigenvalue weighted by atomic mass is 32.2. The van der Waals surface area contributed by atoms with E-state index in [1.54, 1.807) is 6.92 Å². The van der Waals surface area contributed by atoms with Crippen molar-refractivity contribution in [3.8, 4) is 0 Å². The number of nitrogens with one attached hydrogen (secondary N) is 1. The van der Waals surface area contributed by atoms with Gasteiger partial charge in [0.25, 0.3) is 5.91 Å². The summed E-state index contributed by atoms with van der Waals surface area (Å²) in [5.41, 5.74) is 0. The third-order valence-electron chi connectivity index (χ3n) is 2.35. The van der Waals surface area contributed by atoms with E-state index in [1.165, 1.54) is 6.92 Å². The number of carbonyl (C=O) groups is 1. The summed E-state index contributed by atoms with van der Waals surface area (Å²) in [6.45, 7) is 5.96. The highest BCUT2D eigenvalue weighted by molar-refractivity contribution is 7.89. The number of rotatable bonds is 6. The van der Waals surface area contributed by atoms with E-state index in [-0.39, 0.29) is 22.5 Å². The molecule has 1 aromatic heterocycles. The van der Waals surface area contributed by atoms with Crippen molar-refractivity contribution < 1.29 is 22.4 Å². The fourth-order valence-corrected chi connectivity index (χ4v) is 2.20. The largest absolute Gasteiger partial charge is 0.455 e. The second kappa shape index (κ2) is 6.18. The standard InChI is InChI=1S/C11H18N2O5S/c1-4-17-6-7(2)13-11(14)9-5-10(8(3)18-9)19(12,15)16/h5,7H,4,6H2,1-3H3,(H,13,14)(H2,12,15,16). The van der Waals surface area contributed by atoms with E-state index >= 15 is 0 Å². The van der Waals surface area contributed by atoms with Crippen LogP contribution in [-0.4, -0.2) is 33.6 Å². The van der Waals surface area contributed by atoms with Crippen LogP contribution in [0.5, 0.6) is 0 Å². The Kier molecular flexibility index (Phi) is 5.10. The van der Waals surface area contributed by atoms with Crippen LogP contribution < -0.4 is 10.5 Å². The number of hydrogen-bond acceptors (Lipinski definition) is 5. The van der Waals surface area contributed by atoms with Crippen LogP contribution in [0.1, 0.15) is 30.2 Å². The van der Waals surface area contributed by atoms with E-state index in [0.717, 1.165) is 6.07 Å². The zero-order valence-electron chi connectivity index (χ0n) is 11.1. The monoisotopic (exact) mass is 290 g/mol. The Labute approximate surface area is 112 Å². The lowest BCUT2D eigenvalue weighted by Crippen LogP contribution is -2.35. The third-order valence-corrected chi connectivity index (χ3v) is 3.37. The van der Waals surface area contributed by atoms with Crippen molar-refractivity contribution >= 4 is 15.9 Å². The fraction of sp³-hybridized carbons (Fsp3) is 0.545. The van der Waals surface area contributed by atoms with Gasteiger partial charge in [-0.2, -0.15) is 0 Å². The topological polar surface area (TPSA) is 112 Å². The molecule has 1 unspecified atom stereocenters. The van der Waals surface area contributed by atoms with Gasteiger partial charge in [-0.3, -0.25) is 4.79 Å². The van der Waals surface area contributed by atoms with Crippen LogP contribution in [0.2, 0.25) is 0 Å². The minimum absolute atomic E-state index is 0.0881. The summed E-state index contributed by atoms with van der Waals surface area (Å²) in [5.74, 6) is -0.514. The van der Waals surface area contributed by atoms with Gasteiger partial charge in [-0.1, -0.05) is 0 Å². The van der Waals surface area contributed by atoms with Crippen LogP contribution in [0, 0.1) is 6.92 Å². The zero-order chi connectivity index (χ0) is 14.6. The minimum Gasteiger partial charge on any atom is -0.455 e. The molecular weight excluding hydrogens is 272 g/mol. The molecule has 19 heavy (non-hydrogen) atoms. The van der Waals surface area contributed by atoms with Crippen LogP contribution in [-0.2, 0) is 14.8 Å². The maximum Gasteiger partial charge on any atom is 0.287 e. The second-order valence-electron chi connectivity index (χ2n) is 4.11. The molecule has 0 spiro atoms. The number of nitrogens with two attached hydrogens (primary N) is 1. The molecule has 8 heteroatoms. The number of hydrogen-bond donors (Lipinski definition) is 2. The normalized spacial score (nSPS) is 13.3. The van der Waals surface area contributed by atoms with E-state index in [0.29, 0.717) is 13.2 Å².